The Balaban J connectivity index is 1.47. The van der Waals surface area contributed by atoms with Crippen molar-refractivity contribution in [1.82, 2.24) is 25.3 Å². The highest BCUT2D eigenvalue weighted by molar-refractivity contribution is 5.88. The van der Waals surface area contributed by atoms with Gasteiger partial charge in [0, 0.05) is 39.4 Å². The van der Waals surface area contributed by atoms with E-state index in [1.54, 1.807) is 4.68 Å². The van der Waals surface area contributed by atoms with Crippen LogP contribution in [-0.2, 0) is 23.1 Å². The largest absolute Gasteiger partial charge is 0.356 e. The fourth-order valence-electron chi connectivity index (χ4n) is 4.10. The number of aromatic nitrogens is 2. The number of aryl methyl sites for hydroxylation is 1. The Labute approximate surface area is 155 Å². The third kappa shape index (κ3) is 5.30. The van der Waals surface area contributed by atoms with Crippen molar-refractivity contribution in [3.8, 4) is 0 Å². The summed E-state index contributed by atoms with van der Waals surface area (Å²) in [4.78, 5) is 26.9. The monoisotopic (exact) mass is 361 g/mol. The maximum Gasteiger partial charge on any atom is 0.237 e. The van der Waals surface area contributed by atoms with Gasteiger partial charge in [0.05, 0.1) is 18.7 Å². The lowest BCUT2D eigenvalue weighted by atomic mass is 9.88. The van der Waals surface area contributed by atoms with Crippen molar-refractivity contribution in [3.05, 3.63) is 18.0 Å². The molecule has 2 amide bonds. The van der Waals surface area contributed by atoms with Crippen LogP contribution in [-0.4, -0.2) is 58.7 Å². The Morgan fingerprint density at radius 2 is 2.15 bits per heavy atom. The lowest BCUT2D eigenvalue weighted by molar-refractivity contribution is -0.134. The first-order valence-electron chi connectivity index (χ1n) is 9.88. The quantitative estimate of drug-likeness (QED) is 0.755. The number of hydrogen-bond acceptors (Lipinski definition) is 4. The zero-order valence-electron chi connectivity index (χ0n) is 15.7. The second kappa shape index (κ2) is 9.16. The van der Waals surface area contributed by atoms with Crippen LogP contribution in [0.1, 0.15) is 44.1 Å². The number of rotatable bonds is 7. The van der Waals surface area contributed by atoms with Crippen molar-refractivity contribution in [3.63, 3.8) is 0 Å². The number of nitrogens with zero attached hydrogens (tertiary/aromatic N) is 3. The average molecular weight is 361 g/mol. The van der Waals surface area contributed by atoms with Crippen molar-refractivity contribution in [2.45, 2.75) is 51.0 Å². The molecule has 1 aliphatic carbocycles. The van der Waals surface area contributed by atoms with Gasteiger partial charge in [0.1, 0.15) is 0 Å². The number of carbonyl (C=O) groups is 2. The lowest BCUT2D eigenvalue weighted by Gasteiger charge is -2.37. The molecule has 2 aliphatic rings. The van der Waals surface area contributed by atoms with Crippen molar-refractivity contribution in [1.29, 1.82) is 0 Å². The van der Waals surface area contributed by atoms with E-state index in [0.29, 0.717) is 19.0 Å². The Morgan fingerprint density at radius 1 is 1.35 bits per heavy atom. The highest BCUT2D eigenvalue weighted by Gasteiger charge is 2.33. The van der Waals surface area contributed by atoms with Gasteiger partial charge < -0.3 is 10.6 Å². The van der Waals surface area contributed by atoms with Crippen LogP contribution in [0.5, 0.6) is 0 Å². The van der Waals surface area contributed by atoms with Crippen LogP contribution in [0.25, 0.3) is 0 Å². The summed E-state index contributed by atoms with van der Waals surface area (Å²) in [7, 11) is 1.88. The number of nitrogens with one attached hydrogen (secondary N) is 2. The molecule has 1 saturated heterocycles. The standard InChI is InChI=1S/C19H31N5O2/c1-23-13-16(12-22-23)7-8-20-18(25)11-17-19(26)21-9-10-24(17)14-15-5-3-2-4-6-15/h12-13,15,17H,2-11,14H2,1H3,(H,20,25)(H,21,26). The third-order valence-electron chi connectivity index (χ3n) is 5.53. The minimum Gasteiger partial charge on any atom is -0.356 e. The summed E-state index contributed by atoms with van der Waals surface area (Å²) in [5, 5.41) is 10.00. The molecule has 144 valence electrons. The summed E-state index contributed by atoms with van der Waals surface area (Å²) in [5.74, 6) is 0.616. The minimum atomic E-state index is -0.330. The first kappa shape index (κ1) is 18.9. The molecule has 26 heavy (non-hydrogen) atoms. The van der Waals surface area contributed by atoms with Gasteiger partial charge in [-0.05, 0) is 30.7 Å². The molecular formula is C19H31N5O2. The van der Waals surface area contributed by atoms with E-state index in [2.05, 4.69) is 20.6 Å². The normalized spacial score (nSPS) is 22.2. The topological polar surface area (TPSA) is 79.3 Å². The van der Waals surface area contributed by atoms with Crippen LogP contribution in [0.3, 0.4) is 0 Å². The molecule has 1 atom stereocenters. The molecule has 1 unspecified atom stereocenters. The summed E-state index contributed by atoms with van der Waals surface area (Å²) < 4.78 is 1.76. The fraction of sp³-hybridized carbons (Fsp3) is 0.737. The molecule has 7 heteroatoms. The molecule has 0 bridgehead atoms. The second-order valence-electron chi connectivity index (χ2n) is 7.63. The summed E-state index contributed by atoms with van der Waals surface area (Å²) in [6.45, 7) is 3.04. The summed E-state index contributed by atoms with van der Waals surface area (Å²) in [5.41, 5.74) is 1.10. The summed E-state index contributed by atoms with van der Waals surface area (Å²) >= 11 is 0. The zero-order valence-corrected chi connectivity index (χ0v) is 15.7. The van der Waals surface area contributed by atoms with Gasteiger partial charge in [0.2, 0.25) is 11.8 Å². The van der Waals surface area contributed by atoms with E-state index in [0.717, 1.165) is 25.1 Å². The Hall–Kier alpha value is -1.89. The molecule has 2 N–H and O–H groups in total. The van der Waals surface area contributed by atoms with E-state index in [1.165, 1.54) is 32.1 Å². The van der Waals surface area contributed by atoms with E-state index < -0.39 is 0 Å². The highest BCUT2D eigenvalue weighted by atomic mass is 16.2. The van der Waals surface area contributed by atoms with Gasteiger partial charge in [-0.25, -0.2) is 0 Å². The molecule has 1 aromatic heterocycles. The van der Waals surface area contributed by atoms with Crippen LogP contribution in [0, 0.1) is 5.92 Å². The van der Waals surface area contributed by atoms with E-state index in [4.69, 9.17) is 0 Å². The first-order chi connectivity index (χ1) is 12.6. The highest BCUT2D eigenvalue weighted by Crippen LogP contribution is 2.25. The van der Waals surface area contributed by atoms with Gasteiger partial charge in [-0.3, -0.25) is 19.2 Å². The molecular weight excluding hydrogens is 330 g/mol. The fourth-order valence-corrected chi connectivity index (χ4v) is 4.10. The van der Waals surface area contributed by atoms with Crippen molar-refractivity contribution < 1.29 is 9.59 Å². The van der Waals surface area contributed by atoms with Crippen molar-refractivity contribution in [2.24, 2.45) is 13.0 Å². The maximum atomic E-state index is 12.4. The van der Waals surface area contributed by atoms with Gasteiger partial charge in [0.25, 0.3) is 0 Å². The van der Waals surface area contributed by atoms with Crippen molar-refractivity contribution >= 4 is 11.8 Å². The summed E-state index contributed by atoms with van der Waals surface area (Å²) in [6.07, 6.45) is 11.2. The molecule has 2 heterocycles. The number of carbonyl (C=O) groups excluding carboxylic acids is 2. The summed E-state index contributed by atoms with van der Waals surface area (Å²) in [6, 6.07) is -0.330. The van der Waals surface area contributed by atoms with Crippen molar-refractivity contribution in [2.75, 3.05) is 26.2 Å². The number of piperazine rings is 1. The Bertz CT molecular complexity index is 609. The minimum absolute atomic E-state index is 0.00512. The molecule has 2 fully saturated rings. The Kier molecular flexibility index (Phi) is 6.66. The number of hydrogen-bond donors (Lipinski definition) is 2. The third-order valence-corrected chi connectivity index (χ3v) is 5.53. The smallest absolute Gasteiger partial charge is 0.237 e. The molecule has 1 aliphatic heterocycles. The second-order valence-corrected chi connectivity index (χ2v) is 7.63. The molecule has 0 spiro atoms. The number of amides is 2. The van der Waals surface area contributed by atoms with Gasteiger partial charge in [0.15, 0.2) is 0 Å². The van der Waals surface area contributed by atoms with Gasteiger partial charge >= 0.3 is 0 Å². The molecule has 1 aromatic rings. The average Bonchev–Trinajstić information content (AvgIpc) is 3.04. The lowest BCUT2D eigenvalue weighted by Crippen LogP contribution is -2.57. The molecule has 0 aromatic carbocycles. The van der Waals surface area contributed by atoms with E-state index in [1.807, 2.05) is 19.4 Å². The van der Waals surface area contributed by atoms with E-state index >= 15 is 0 Å². The van der Waals surface area contributed by atoms with Crippen LogP contribution >= 0.6 is 0 Å². The van der Waals surface area contributed by atoms with Crippen LogP contribution < -0.4 is 10.6 Å². The van der Waals surface area contributed by atoms with Gasteiger partial charge in [-0.1, -0.05) is 19.3 Å². The molecule has 0 radical (unpaired) electrons. The maximum absolute atomic E-state index is 12.4. The van der Waals surface area contributed by atoms with Gasteiger partial charge in [-0.2, -0.15) is 5.10 Å². The van der Waals surface area contributed by atoms with Crippen LogP contribution in [0.15, 0.2) is 12.4 Å². The van der Waals surface area contributed by atoms with E-state index in [9.17, 15) is 9.59 Å². The SMILES string of the molecule is Cn1cc(CCNC(=O)CC2C(=O)NCCN2CC2CCCCC2)cn1. The van der Waals surface area contributed by atoms with Crippen LogP contribution in [0.2, 0.25) is 0 Å². The van der Waals surface area contributed by atoms with E-state index in [-0.39, 0.29) is 24.3 Å². The predicted molar refractivity (Wildman–Crippen MR) is 99.5 cm³/mol. The Morgan fingerprint density at radius 3 is 2.88 bits per heavy atom. The first-order valence-corrected chi connectivity index (χ1v) is 9.88. The zero-order chi connectivity index (χ0) is 18.4. The van der Waals surface area contributed by atoms with Crippen LogP contribution in [0.4, 0.5) is 0 Å². The molecule has 7 nitrogen and oxygen atoms in total. The van der Waals surface area contributed by atoms with Gasteiger partial charge in [-0.15, -0.1) is 0 Å². The molecule has 3 rings (SSSR count). The predicted octanol–water partition coefficient (Wildman–Crippen LogP) is 0.850. The molecule has 1 saturated carbocycles.